The first kappa shape index (κ1) is 21.8. The number of nitrogens with zero attached hydrogens (tertiary/aromatic N) is 1. The van der Waals surface area contributed by atoms with E-state index in [1.54, 1.807) is 37.3 Å². The number of benzene rings is 2. The van der Waals surface area contributed by atoms with Gasteiger partial charge in [-0.1, -0.05) is 11.6 Å². The summed E-state index contributed by atoms with van der Waals surface area (Å²) in [7, 11) is 3.16. The number of rotatable bonds is 7. The van der Waals surface area contributed by atoms with Crippen molar-refractivity contribution in [2.75, 3.05) is 34.0 Å². The van der Waals surface area contributed by atoms with E-state index in [0.717, 1.165) is 16.7 Å². The van der Waals surface area contributed by atoms with Crippen molar-refractivity contribution in [1.82, 2.24) is 4.90 Å². The van der Waals surface area contributed by atoms with E-state index in [1.165, 1.54) is 0 Å². The van der Waals surface area contributed by atoms with Gasteiger partial charge in [0.05, 0.1) is 14.2 Å². The lowest BCUT2D eigenvalue weighted by Crippen LogP contribution is -2.39. The quantitative estimate of drug-likeness (QED) is 0.624. The number of fused-ring (bicyclic) bond motifs is 1. The molecule has 0 aromatic heterocycles. The van der Waals surface area contributed by atoms with Crippen LogP contribution in [0.3, 0.4) is 0 Å². The highest BCUT2D eigenvalue weighted by Gasteiger charge is 2.23. The second kappa shape index (κ2) is 9.71. The van der Waals surface area contributed by atoms with E-state index in [0.29, 0.717) is 41.8 Å². The smallest absolute Gasteiger partial charge is 0.344 e. The van der Waals surface area contributed by atoms with Crippen LogP contribution in [0, 0.1) is 6.92 Å². The van der Waals surface area contributed by atoms with Gasteiger partial charge in [-0.05, 0) is 60.4 Å². The van der Waals surface area contributed by atoms with Crippen molar-refractivity contribution in [3.63, 3.8) is 0 Å². The van der Waals surface area contributed by atoms with Crippen LogP contribution < -0.4 is 14.2 Å². The van der Waals surface area contributed by atoms with Gasteiger partial charge in [-0.3, -0.25) is 4.79 Å². The van der Waals surface area contributed by atoms with Crippen LogP contribution >= 0.6 is 11.6 Å². The molecule has 0 bridgehead atoms. The highest BCUT2D eigenvalue weighted by Crippen LogP contribution is 2.33. The van der Waals surface area contributed by atoms with Gasteiger partial charge in [0.25, 0.3) is 5.91 Å². The molecule has 0 unspecified atom stereocenters. The summed E-state index contributed by atoms with van der Waals surface area (Å²) in [5, 5.41) is 0.620. The molecule has 1 aliphatic rings. The van der Waals surface area contributed by atoms with Crippen molar-refractivity contribution in [2.24, 2.45) is 0 Å². The van der Waals surface area contributed by atoms with Gasteiger partial charge in [0.2, 0.25) is 0 Å². The van der Waals surface area contributed by atoms with E-state index in [9.17, 15) is 9.59 Å². The predicted molar refractivity (Wildman–Crippen MR) is 111 cm³/mol. The first-order chi connectivity index (χ1) is 14.4. The van der Waals surface area contributed by atoms with E-state index in [1.807, 2.05) is 19.1 Å². The summed E-state index contributed by atoms with van der Waals surface area (Å²) in [6.45, 7) is 2.19. The number of carbonyl (C=O) groups is 2. The standard InChI is InChI=1S/C22H24ClNO6/c1-14-8-17(4-5-18(14)23)29-13-22(26)30-12-21(25)24-7-6-15-9-19(27-2)20(28-3)10-16(15)11-24/h4-5,8-10H,6-7,11-13H2,1-3H3. The first-order valence-electron chi connectivity index (χ1n) is 9.47. The molecule has 1 heterocycles. The highest BCUT2D eigenvalue weighted by atomic mass is 35.5. The van der Waals surface area contributed by atoms with E-state index in [2.05, 4.69) is 0 Å². The second-order valence-corrected chi connectivity index (χ2v) is 7.31. The van der Waals surface area contributed by atoms with Crippen LogP contribution in [0.15, 0.2) is 30.3 Å². The lowest BCUT2D eigenvalue weighted by molar-refractivity contribution is -0.154. The third-order valence-corrected chi connectivity index (χ3v) is 5.34. The second-order valence-electron chi connectivity index (χ2n) is 6.90. The highest BCUT2D eigenvalue weighted by molar-refractivity contribution is 6.31. The Labute approximate surface area is 180 Å². The monoisotopic (exact) mass is 433 g/mol. The molecule has 7 nitrogen and oxygen atoms in total. The number of carbonyl (C=O) groups excluding carboxylic acids is 2. The summed E-state index contributed by atoms with van der Waals surface area (Å²) in [5.41, 5.74) is 2.94. The maximum absolute atomic E-state index is 12.5. The molecule has 8 heteroatoms. The minimum Gasteiger partial charge on any atom is -0.493 e. The molecule has 0 saturated heterocycles. The normalized spacial score (nSPS) is 12.7. The summed E-state index contributed by atoms with van der Waals surface area (Å²) in [6.07, 6.45) is 0.689. The zero-order chi connectivity index (χ0) is 21.7. The Hall–Kier alpha value is -2.93. The number of amides is 1. The van der Waals surface area contributed by atoms with E-state index >= 15 is 0 Å². The molecule has 2 aromatic carbocycles. The molecular formula is C22H24ClNO6. The fourth-order valence-corrected chi connectivity index (χ4v) is 3.34. The topological polar surface area (TPSA) is 74.3 Å². The van der Waals surface area contributed by atoms with Crippen molar-refractivity contribution in [1.29, 1.82) is 0 Å². The van der Waals surface area contributed by atoms with Crippen LogP contribution in [0.4, 0.5) is 0 Å². The minimum atomic E-state index is -0.611. The molecule has 3 rings (SSSR count). The minimum absolute atomic E-state index is 0.258. The van der Waals surface area contributed by atoms with E-state index in [-0.39, 0.29) is 19.1 Å². The van der Waals surface area contributed by atoms with Crippen LogP contribution in [-0.2, 0) is 27.3 Å². The fraction of sp³-hybridized carbons (Fsp3) is 0.364. The zero-order valence-corrected chi connectivity index (χ0v) is 18.0. The number of hydrogen-bond donors (Lipinski definition) is 0. The first-order valence-corrected chi connectivity index (χ1v) is 9.85. The van der Waals surface area contributed by atoms with Gasteiger partial charge in [-0.15, -0.1) is 0 Å². The van der Waals surface area contributed by atoms with Gasteiger partial charge in [-0.25, -0.2) is 4.79 Å². The molecule has 0 fully saturated rings. The molecule has 0 radical (unpaired) electrons. The van der Waals surface area contributed by atoms with Gasteiger partial charge in [0.1, 0.15) is 5.75 Å². The molecule has 1 aliphatic heterocycles. The summed E-state index contributed by atoms with van der Waals surface area (Å²) in [6, 6.07) is 8.91. The largest absolute Gasteiger partial charge is 0.493 e. The van der Waals surface area contributed by atoms with E-state index in [4.69, 9.17) is 30.5 Å². The molecular weight excluding hydrogens is 410 g/mol. The average Bonchev–Trinajstić information content (AvgIpc) is 2.76. The SMILES string of the molecule is COc1cc2c(cc1OC)CN(C(=O)COC(=O)COc1ccc(Cl)c(C)c1)CC2. The number of halogens is 1. The Kier molecular flexibility index (Phi) is 7.05. The molecule has 0 N–H and O–H groups in total. The lowest BCUT2D eigenvalue weighted by atomic mass is 9.99. The molecule has 0 saturated carbocycles. The third-order valence-electron chi connectivity index (χ3n) is 4.91. The van der Waals surface area contributed by atoms with Gasteiger partial charge in [0.15, 0.2) is 24.7 Å². The Morgan fingerprint density at radius 3 is 2.40 bits per heavy atom. The Balaban J connectivity index is 1.50. The average molecular weight is 434 g/mol. The van der Waals surface area contributed by atoms with Crippen LogP contribution in [-0.4, -0.2) is 50.8 Å². The summed E-state index contributed by atoms with van der Waals surface area (Å²) >= 11 is 5.96. The van der Waals surface area contributed by atoms with Gasteiger partial charge >= 0.3 is 5.97 Å². The van der Waals surface area contributed by atoms with Crippen LogP contribution in [0.2, 0.25) is 5.02 Å². The van der Waals surface area contributed by atoms with Gasteiger partial charge in [-0.2, -0.15) is 0 Å². The molecule has 2 aromatic rings. The maximum atomic E-state index is 12.5. The number of aryl methyl sites for hydroxylation is 1. The lowest BCUT2D eigenvalue weighted by Gasteiger charge is -2.29. The molecule has 0 aliphatic carbocycles. The Bertz CT molecular complexity index is 945. The third kappa shape index (κ3) is 5.16. The molecule has 30 heavy (non-hydrogen) atoms. The van der Waals surface area contributed by atoms with Crippen molar-refractivity contribution in [3.8, 4) is 17.2 Å². The van der Waals surface area contributed by atoms with Crippen LogP contribution in [0.25, 0.3) is 0 Å². The molecule has 0 atom stereocenters. The Morgan fingerprint density at radius 2 is 1.73 bits per heavy atom. The fourth-order valence-electron chi connectivity index (χ4n) is 3.22. The molecule has 160 valence electrons. The maximum Gasteiger partial charge on any atom is 0.344 e. The number of methoxy groups -OCH3 is 2. The zero-order valence-electron chi connectivity index (χ0n) is 17.2. The van der Waals surface area contributed by atoms with Crippen molar-refractivity contribution >= 4 is 23.5 Å². The van der Waals surface area contributed by atoms with Gasteiger partial charge in [0, 0.05) is 18.1 Å². The van der Waals surface area contributed by atoms with Crippen molar-refractivity contribution in [2.45, 2.75) is 19.9 Å². The molecule has 0 spiro atoms. The number of hydrogen-bond acceptors (Lipinski definition) is 6. The molecule has 1 amide bonds. The predicted octanol–water partition coefficient (Wildman–Crippen LogP) is 3.17. The number of esters is 1. The summed E-state index contributed by atoms with van der Waals surface area (Å²) < 4.78 is 21.1. The number of ether oxygens (including phenoxy) is 4. The van der Waals surface area contributed by atoms with Crippen LogP contribution in [0.5, 0.6) is 17.2 Å². The Morgan fingerprint density at radius 1 is 1.03 bits per heavy atom. The van der Waals surface area contributed by atoms with Crippen LogP contribution in [0.1, 0.15) is 16.7 Å². The van der Waals surface area contributed by atoms with Gasteiger partial charge < -0.3 is 23.8 Å². The van der Waals surface area contributed by atoms with Crippen molar-refractivity contribution < 1.29 is 28.5 Å². The summed E-state index contributed by atoms with van der Waals surface area (Å²) in [5.74, 6) is 0.926. The van der Waals surface area contributed by atoms with Crippen molar-refractivity contribution in [3.05, 3.63) is 52.0 Å². The summed E-state index contributed by atoms with van der Waals surface area (Å²) in [4.78, 5) is 26.1. The van der Waals surface area contributed by atoms with E-state index < -0.39 is 5.97 Å².